The first kappa shape index (κ1) is 19.1. The summed E-state index contributed by atoms with van der Waals surface area (Å²) in [6, 6.07) is 14.1. The van der Waals surface area contributed by atoms with Crippen LogP contribution in [0.2, 0.25) is 0 Å². The number of rotatable bonds is 9. The quantitative estimate of drug-likeness (QED) is 0.716. The van der Waals surface area contributed by atoms with Crippen molar-refractivity contribution in [1.29, 1.82) is 0 Å². The summed E-state index contributed by atoms with van der Waals surface area (Å²) in [7, 11) is -3.73. The Labute approximate surface area is 146 Å². The molecule has 0 aliphatic carbocycles. The average Bonchev–Trinajstić information content (AvgIpc) is 2.53. The van der Waals surface area contributed by atoms with Gasteiger partial charge in [-0.25, -0.2) is 17.5 Å². The van der Waals surface area contributed by atoms with Gasteiger partial charge in [0.25, 0.3) is 0 Å². The Kier molecular flexibility index (Phi) is 6.66. The Bertz CT molecular complexity index is 809. The number of hydrogen-bond acceptors (Lipinski definition) is 3. The summed E-state index contributed by atoms with van der Waals surface area (Å²) in [5.41, 5.74) is 1.25. The first-order valence-corrected chi connectivity index (χ1v) is 9.49. The number of benzene rings is 2. The molecule has 2 aromatic rings. The molecule has 2 aromatic carbocycles. The average molecular weight is 365 g/mol. The molecule has 5 nitrogen and oxygen atoms in total. The summed E-state index contributed by atoms with van der Waals surface area (Å²) in [6.45, 7) is 0. The van der Waals surface area contributed by atoms with Crippen molar-refractivity contribution in [1.82, 2.24) is 4.72 Å². The van der Waals surface area contributed by atoms with E-state index in [9.17, 15) is 17.6 Å². The van der Waals surface area contributed by atoms with Crippen LogP contribution in [0, 0.1) is 5.82 Å². The van der Waals surface area contributed by atoms with E-state index in [1.165, 1.54) is 24.3 Å². The Morgan fingerprint density at radius 2 is 1.76 bits per heavy atom. The highest BCUT2D eigenvalue weighted by Gasteiger charge is 2.20. The zero-order chi connectivity index (χ0) is 18.3. The molecule has 2 N–H and O–H groups in total. The van der Waals surface area contributed by atoms with Gasteiger partial charge in [0, 0.05) is 12.5 Å². The number of aliphatic carboxylic acids is 1. The molecule has 0 aliphatic heterocycles. The van der Waals surface area contributed by atoms with E-state index >= 15 is 0 Å². The van der Waals surface area contributed by atoms with Crippen molar-refractivity contribution in [3.8, 4) is 0 Å². The van der Waals surface area contributed by atoms with Crippen LogP contribution in [0.3, 0.4) is 0 Å². The molecule has 0 bridgehead atoms. The van der Waals surface area contributed by atoms with Gasteiger partial charge in [0.15, 0.2) is 0 Å². The lowest BCUT2D eigenvalue weighted by Crippen LogP contribution is -2.37. The Hall–Kier alpha value is -2.25. The second-order valence-corrected chi connectivity index (χ2v) is 7.58. The third-order valence-corrected chi connectivity index (χ3v) is 5.03. The summed E-state index contributed by atoms with van der Waals surface area (Å²) in [5.74, 6) is -1.84. The molecule has 25 heavy (non-hydrogen) atoms. The van der Waals surface area contributed by atoms with Crippen LogP contribution in [0.4, 0.5) is 4.39 Å². The van der Waals surface area contributed by atoms with E-state index in [-0.39, 0.29) is 18.6 Å². The minimum absolute atomic E-state index is 0.139. The van der Waals surface area contributed by atoms with E-state index in [1.54, 1.807) is 0 Å². The molecule has 1 unspecified atom stereocenters. The number of sulfonamides is 1. The van der Waals surface area contributed by atoms with E-state index in [1.807, 2.05) is 30.3 Å². The highest BCUT2D eigenvalue weighted by molar-refractivity contribution is 7.88. The van der Waals surface area contributed by atoms with E-state index in [0.717, 1.165) is 5.56 Å². The van der Waals surface area contributed by atoms with Crippen molar-refractivity contribution in [2.75, 3.05) is 0 Å². The summed E-state index contributed by atoms with van der Waals surface area (Å²) in [6.07, 6.45) is 0.420. The highest BCUT2D eigenvalue weighted by atomic mass is 32.2. The summed E-state index contributed by atoms with van der Waals surface area (Å²) >= 11 is 0. The monoisotopic (exact) mass is 365 g/mol. The maximum absolute atomic E-state index is 13.2. The zero-order valence-corrected chi connectivity index (χ0v) is 14.4. The molecule has 0 heterocycles. The lowest BCUT2D eigenvalue weighted by Gasteiger charge is -2.18. The lowest BCUT2D eigenvalue weighted by molar-refractivity contribution is -0.137. The third-order valence-electron chi connectivity index (χ3n) is 3.62. The van der Waals surface area contributed by atoms with E-state index in [2.05, 4.69) is 4.72 Å². The molecule has 0 saturated heterocycles. The molecule has 0 amide bonds. The Morgan fingerprint density at radius 1 is 1.08 bits per heavy atom. The minimum atomic E-state index is -3.73. The van der Waals surface area contributed by atoms with Gasteiger partial charge in [-0.3, -0.25) is 4.79 Å². The largest absolute Gasteiger partial charge is 0.481 e. The second-order valence-electron chi connectivity index (χ2n) is 5.83. The van der Waals surface area contributed by atoms with Crippen LogP contribution in [0.5, 0.6) is 0 Å². The van der Waals surface area contributed by atoms with Gasteiger partial charge in [0.2, 0.25) is 10.0 Å². The summed E-state index contributed by atoms with van der Waals surface area (Å²) in [4.78, 5) is 10.8. The molecular weight excluding hydrogens is 345 g/mol. The maximum Gasteiger partial charge on any atom is 0.303 e. The van der Waals surface area contributed by atoms with Crippen LogP contribution in [0.25, 0.3) is 0 Å². The Balaban J connectivity index is 2.09. The Morgan fingerprint density at radius 3 is 2.40 bits per heavy atom. The molecule has 0 fully saturated rings. The standard InChI is InChI=1S/C18H20FNO4S/c19-16-8-4-7-15(11-16)13-25(23,24)20-17(9-10-18(21)22)12-14-5-2-1-3-6-14/h1-8,11,17,20H,9-10,12-13H2,(H,21,22). The molecule has 0 spiro atoms. The van der Waals surface area contributed by atoms with Gasteiger partial charge >= 0.3 is 5.97 Å². The van der Waals surface area contributed by atoms with Crippen molar-refractivity contribution >= 4 is 16.0 Å². The van der Waals surface area contributed by atoms with Crippen LogP contribution in [0.15, 0.2) is 54.6 Å². The van der Waals surface area contributed by atoms with Crippen molar-refractivity contribution in [3.05, 3.63) is 71.5 Å². The molecule has 2 rings (SSSR count). The van der Waals surface area contributed by atoms with E-state index < -0.39 is 27.9 Å². The summed E-state index contributed by atoms with van der Waals surface area (Å²) in [5, 5.41) is 8.87. The summed E-state index contributed by atoms with van der Waals surface area (Å²) < 4.78 is 40.5. The van der Waals surface area contributed by atoms with Crippen LogP contribution in [-0.2, 0) is 27.0 Å². The molecular formula is C18H20FNO4S. The van der Waals surface area contributed by atoms with Gasteiger partial charge in [-0.1, -0.05) is 42.5 Å². The smallest absolute Gasteiger partial charge is 0.303 e. The topological polar surface area (TPSA) is 83.5 Å². The fourth-order valence-corrected chi connectivity index (χ4v) is 3.95. The molecule has 0 aromatic heterocycles. The predicted molar refractivity (Wildman–Crippen MR) is 93.0 cm³/mol. The lowest BCUT2D eigenvalue weighted by atomic mass is 10.0. The maximum atomic E-state index is 13.2. The van der Waals surface area contributed by atoms with Gasteiger partial charge in [0.05, 0.1) is 5.75 Å². The zero-order valence-electron chi connectivity index (χ0n) is 13.6. The van der Waals surface area contributed by atoms with Gasteiger partial charge < -0.3 is 5.11 Å². The first-order valence-electron chi connectivity index (χ1n) is 7.84. The normalized spacial score (nSPS) is 12.7. The van der Waals surface area contributed by atoms with Crippen molar-refractivity contribution in [2.45, 2.75) is 31.1 Å². The highest BCUT2D eigenvalue weighted by Crippen LogP contribution is 2.12. The molecule has 0 saturated carbocycles. The van der Waals surface area contributed by atoms with Crippen LogP contribution in [0.1, 0.15) is 24.0 Å². The van der Waals surface area contributed by atoms with Crippen molar-refractivity contribution in [3.63, 3.8) is 0 Å². The van der Waals surface area contributed by atoms with E-state index in [4.69, 9.17) is 5.11 Å². The molecule has 7 heteroatoms. The molecule has 0 radical (unpaired) electrons. The van der Waals surface area contributed by atoms with E-state index in [0.29, 0.717) is 12.0 Å². The van der Waals surface area contributed by atoms with Gasteiger partial charge in [0.1, 0.15) is 5.82 Å². The SMILES string of the molecule is O=C(O)CCC(Cc1ccccc1)NS(=O)(=O)Cc1cccc(F)c1. The molecule has 134 valence electrons. The van der Waals surface area contributed by atoms with Crippen molar-refractivity contribution < 1.29 is 22.7 Å². The minimum Gasteiger partial charge on any atom is -0.481 e. The predicted octanol–water partition coefficient (Wildman–Crippen LogP) is 2.72. The fourth-order valence-electron chi connectivity index (χ4n) is 2.54. The first-order chi connectivity index (χ1) is 11.8. The van der Waals surface area contributed by atoms with Crippen LogP contribution >= 0.6 is 0 Å². The number of hydrogen-bond donors (Lipinski definition) is 2. The number of halogens is 1. The number of nitrogens with one attached hydrogen (secondary N) is 1. The van der Waals surface area contributed by atoms with Gasteiger partial charge in [-0.2, -0.15) is 0 Å². The number of carboxylic acid groups (broad SMARTS) is 1. The second kappa shape index (κ2) is 8.73. The third kappa shape index (κ3) is 7.03. The van der Waals surface area contributed by atoms with Gasteiger partial charge in [-0.15, -0.1) is 0 Å². The fraction of sp³-hybridized carbons (Fsp3) is 0.278. The van der Waals surface area contributed by atoms with Crippen LogP contribution in [-0.4, -0.2) is 25.5 Å². The van der Waals surface area contributed by atoms with Crippen LogP contribution < -0.4 is 4.72 Å². The van der Waals surface area contributed by atoms with Gasteiger partial charge in [-0.05, 0) is 36.1 Å². The number of carbonyl (C=O) groups is 1. The number of carboxylic acids is 1. The molecule has 0 aliphatic rings. The molecule has 1 atom stereocenters. The van der Waals surface area contributed by atoms with Crippen molar-refractivity contribution in [2.24, 2.45) is 0 Å².